The van der Waals surface area contributed by atoms with E-state index in [9.17, 15) is 4.79 Å². The van der Waals surface area contributed by atoms with Crippen molar-refractivity contribution in [1.82, 2.24) is 0 Å². The molecule has 0 fully saturated rings. The molecule has 0 spiro atoms. The number of anilines is 1. The molecule has 0 aliphatic carbocycles. The van der Waals surface area contributed by atoms with Gasteiger partial charge in [0.05, 0.1) is 12.0 Å². The predicted molar refractivity (Wildman–Crippen MR) is 101 cm³/mol. The van der Waals surface area contributed by atoms with Crippen molar-refractivity contribution >= 4 is 11.6 Å². The van der Waals surface area contributed by atoms with Crippen LogP contribution in [0.25, 0.3) is 0 Å². The second kappa shape index (κ2) is 7.79. The molecule has 1 heterocycles. The number of fused-ring (bicyclic) bond motifs is 1. The molecule has 2 aromatic rings. The minimum Gasteiger partial charge on any atom is -0.486 e. The van der Waals surface area contributed by atoms with Crippen LogP contribution in [0.5, 0.6) is 11.5 Å². The Bertz CT molecular complexity index is 785. The number of hydrogen-bond donors (Lipinski definition) is 1. The third kappa shape index (κ3) is 3.99. The van der Waals surface area contributed by atoms with Crippen LogP contribution in [0, 0.1) is 0 Å². The minimum atomic E-state index is -0.717. The Morgan fingerprint density at radius 1 is 1.12 bits per heavy atom. The molecular weight excluding hydrogens is 330 g/mol. The van der Waals surface area contributed by atoms with E-state index in [1.54, 1.807) is 0 Å². The molecule has 1 aliphatic rings. The van der Waals surface area contributed by atoms with Crippen molar-refractivity contribution < 1.29 is 19.0 Å². The fourth-order valence-corrected chi connectivity index (χ4v) is 2.81. The summed E-state index contributed by atoms with van der Waals surface area (Å²) in [4.78, 5) is 12.9. The van der Waals surface area contributed by atoms with Gasteiger partial charge in [-0.3, -0.25) is 4.79 Å². The molecule has 1 N–H and O–H groups in total. The first-order chi connectivity index (χ1) is 12.5. The average molecular weight is 355 g/mol. The molecule has 0 radical (unpaired) electrons. The van der Waals surface area contributed by atoms with Crippen LogP contribution in [0.3, 0.4) is 0 Å². The fourth-order valence-electron chi connectivity index (χ4n) is 2.81. The summed E-state index contributed by atoms with van der Waals surface area (Å²) in [5, 5.41) is 3.01. The van der Waals surface area contributed by atoms with Gasteiger partial charge in [0.15, 0.2) is 11.5 Å². The highest BCUT2D eigenvalue weighted by atomic mass is 16.6. The third-order valence-corrected chi connectivity index (χ3v) is 4.49. The van der Waals surface area contributed by atoms with E-state index in [2.05, 4.69) is 5.32 Å². The van der Waals surface area contributed by atoms with Crippen LogP contribution in [-0.2, 0) is 21.6 Å². The summed E-state index contributed by atoms with van der Waals surface area (Å²) >= 11 is 0. The predicted octanol–water partition coefficient (Wildman–Crippen LogP) is 3.91. The van der Waals surface area contributed by atoms with Crippen LogP contribution < -0.4 is 14.8 Å². The van der Waals surface area contributed by atoms with E-state index in [-0.39, 0.29) is 5.91 Å². The molecule has 2 aromatic carbocycles. The van der Waals surface area contributed by atoms with E-state index in [1.807, 2.05) is 63.2 Å². The van der Waals surface area contributed by atoms with Gasteiger partial charge in [0.25, 0.3) is 0 Å². The summed E-state index contributed by atoms with van der Waals surface area (Å²) in [7, 11) is 0. The highest BCUT2D eigenvalue weighted by molar-refractivity contribution is 5.98. The Kier molecular flexibility index (Phi) is 5.47. The van der Waals surface area contributed by atoms with Crippen LogP contribution in [0.2, 0.25) is 0 Å². The molecule has 0 unspecified atom stereocenters. The average Bonchev–Trinajstić information content (AvgIpc) is 2.66. The SMILES string of the molecule is CCOCc1cccc(NC(=O)C(C)(C)c2ccc3c(c2)OCCO3)c1. The van der Waals surface area contributed by atoms with Gasteiger partial charge >= 0.3 is 0 Å². The number of amides is 1. The van der Waals surface area contributed by atoms with Crippen LogP contribution in [0.1, 0.15) is 31.9 Å². The van der Waals surface area contributed by atoms with Gasteiger partial charge < -0.3 is 19.5 Å². The number of ether oxygens (including phenoxy) is 3. The molecule has 0 atom stereocenters. The maximum absolute atomic E-state index is 12.9. The van der Waals surface area contributed by atoms with Gasteiger partial charge in [0.2, 0.25) is 5.91 Å². The summed E-state index contributed by atoms with van der Waals surface area (Å²) in [6, 6.07) is 13.4. The van der Waals surface area contributed by atoms with Crippen molar-refractivity contribution in [2.75, 3.05) is 25.1 Å². The maximum atomic E-state index is 12.9. The van der Waals surface area contributed by atoms with Gasteiger partial charge in [-0.2, -0.15) is 0 Å². The number of carbonyl (C=O) groups is 1. The topological polar surface area (TPSA) is 56.8 Å². The molecule has 1 aliphatic heterocycles. The summed E-state index contributed by atoms with van der Waals surface area (Å²) in [5.74, 6) is 1.33. The lowest BCUT2D eigenvalue weighted by Gasteiger charge is -2.26. The normalized spacial score (nSPS) is 13.3. The van der Waals surface area contributed by atoms with E-state index in [0.717, 1.165) is 22.6 Å². The Morgan fingerprint density at radius 3 is 2.65 bits per heavy atom. The van der Waals surface area contributed by atoms with Crippen molar-refractivity contribution in [1.29, 1.82) is 0 Å². The van der Waals surface area contributed by atoms with Gasteiger partial charge in [-0.15, -0.1) is 0 Å². The van der Waals surface area contributed by atoms with Gasteiger partial charge in [-0.25, -0.2) is 0 Å². The third-order valence-electron chi connectivity index (χ3n) is 4.49. The lowest BCUT2D eigenvalue weighted by Crippen LogP contribution is -2.35. The molecule has 3 rings (SSSR count). The quantitative estimate of drug-likeness (QED) is 0.853. The summed E-state index contributed by atoms with van der Waals surface area (Å²) in [5.41, 5.74) is 1.95. The zero-order valence-electron chi connectivity index (χ0n) is 15.5. The highest BCUT2D eigenvalue weighted by Crippen LogP contribution is 2.35. The molecule has 5 nitrogen and oxygen atoms in total. The van der Waals surface area contributed by atoms with E-state index in [4.69, 9.17) is 14.2 Å². The molecule has 0 saturated heterocycles. The van der Waals surface area contributed by atoms with Crippen LogP contribution in [0.15, 0.2) is 42.5 Å². The second-order valence-electron chi connectivity index (χ2n) is 6.78. The first kappa shape index (κ1) is 18.3. The van der Waals surface area contributed by atoms with Crippen LogP contribution in [0.4, 0.5) is 5.69 Å². The number of hydrogen-bond acceptors (Lipinski definition) is 4. The van der Waals surface area contributed by atoms with E-state index < -0.39 is 5.41 Å². The Morgan fingerprint density at radius 2 is 1.88 bits per heavy atom. The molecule has 0 aromatic heterocycles. The molecule has 5 heteroatoms. The maximum Gasteiger partial charge on any atom is 0.234 e. The first-order valence-electron chi connectivity index (χ1n) is 8.89. The van der Waals surface area contributed by atoms with Crippen molar-refractivity contribution in [3.8, 4) is 11.5 Å². The van der Waals surface area contributed by atoms with Gasteiger partial charge in [0, 0.05) is 12.3 Å². The smallest absolute Gasteiger partial charge is 0.234 e. The number of rotatable bonds is 6. The molecule has 1 amide bonds. The largest absolute Gasteiger partial charge is 0.486 e. The lowest BCUT2D eigenvalue weighted by molar-refractivity contribution is -0.120. The van der Waals surface area contributed by atoms with Gasteiger partial charge in [0.1, 0.15) is 13.2 Å². The van der Waals surface area contributed by atoms with Gasteiger partial charge in [-0.1, -0.05) is 18.2 Å². The van der Waals surface area contributed by atoms with Crippen molar-refractivity contribution in [3.05, 3.63) is 53.6 Å². The van der Waals surface area contributed by atoms with Crippen LogP contribution >= 0.6 is 0 Å². The standard InChI is InChI=1S/C21H25NO4/c1-4-24-14-15-6-5-7-17(12-15)22-20(23)21(2,3)16-8-9-18-19(13-16)26-11-10-25-18/h5-9,12-13H,4,10-11,14H2,1-3H3,(H,22,23). The minimum absolute atomic E-state index is 0.0808. The molecule has 26 heavy (non-hydrogen) atoms. The molecule has 0 saturated carbocycles. The van der Waals surface area contributed by atoms with E-state index in [1.165, 1.54) is 0 Å². The lowest BCUT2D eigenvalue weighted by atomic mass is 9.83. The fraction of sp³-hybridized carbons (Fsp3) is 0.381. The number of nitrogens with one attached hydrogen (secondary N) is 1. The van der Waals surface area contributed by atoms with E-state index >= 15 is 0 Å². The van der Waals surface area contributed by atoms with Crippen molar-refractivity contribution in [2.24, 2.45) is 0 Å². The zero-order valence-corrected chi connectivity index (χ0v) is 15.5. The van der Waals surface area contributed by atoms with Crippen molar-refractivity contribution in [2.45, 2.75) is 32.8 Å². The second-order valence-corrected chi connectivity index (χ2v) is 6.78. The highest BCUT2D eigenvalue weighted by Gasteiger charge is 2.31. The van der Waals surface area contributed by atoms with Crippen LogP contribution in [-0.4, -0.2) is 25.7 Å². The van der Waals surface area contributed by atoms with Gasteiger partial charge in [-0.05, 0) is 56.2 Å². The number of benzene rings is 2. The Hall–Kier alpha value is -2.53. The summed E-state index contributed by atoms with van der Waals surface area (Å²) < 4.78 is 16.6. The molecular formula is C21H25NO4. The summed E-state index contributed by atoms with van der Waals surface area (Å²) in [6.45, 7) is 8.03. The molecule has 0 bridgehead atoms. The zero-order chi connectivity index (χ0) is 18.6. The summed E-state index contributed by atoms with van der Waals surface area (Å²) in [6.07, 6.45) is 0. The molecule has 138 valence electrons. The van der Waals surface area contributed by atoms with E-state index in [0.29, 0.717) is 32.2 Å². The Balaban J connectivity index is 1.76. The first-order valence-corrected chi connectivity index (χ1v) is 8.89. The van der Waals surface area contributed by atoms with Crippen molar-refractivity contribution in [3.63, 3.8) is 0 Å². The Labute approximate surface area is 154 Å². The number of carbonyl (C=O) groups excluding carboxylic acids is 1. The monoisotopic (exact) mass is 355 g/mol.